The summed E-state index contributed by atoms with van der Waals surface area (Å²) in [6.45, 7) is 5.52. The fraction of sp³-hybridized carbons (Fsp3) is 0.273. The van der Waals surface area contributed by atoms with E-state index >= 15 is 0 Å². The molecule has 0 unspecified atom stereocenters. The molecule has 0 radical (unpaired) electrons. The van der Waals surface area contributed by atoms with E-state index in [-0.39, 0.29) is 23.1 Å². The highest BCUT2D eigenvalue weighted by molar-refractivity contribution is 6.37. The maximum Gasteiger partial charge on any atom is 0.343 e. The van der Waals surface area contributed by atoms with Gasteiger partial charge >= 0.3 is 5.97 Å². The molecule has 0 saturated carbocycles. The second-order valence-electron chi connectivity index (χ2n) is 6.98. The van der Waals surface area contributed by atoms with Crippen LogP contribution in [-0.2, 0) is 19.1 Å². The van der Waals surface area contributed by atoms with Crippen molar-refractivity contribution >= 4 is 40.7 Å². The molecular formula is C22H21Cl2NO5. The summed E-state index contributed by atoms with van der Waals surface area (Å²) >= 11 is 12.4. The first-order valence-electron chi connectivity index (χ1n) is 9.30. The van der Waals surface area contributed by atoms with E-state index < -0.39 is 17.4 Å². The van der Waals surface area contributed by atoms with Gasteiger partial charge in [-0.25, -0.2) is 14.7 Å². The van der Waals surface area contributed by atoms with Crippen LogP contribution in [0.2, 0.25) is 10.0 Å². The molecule has 0 fully saturated rings. The van der Waals surface area contributed by atoms with E-state index in [4.69, 9.17) is 37.5 Å². The Kier molecular flexibility index (Phi) is 6.83. The highest BCUT2D eigenvalue weighted by Crippen LogP contribution is 2.43. The summed E-state index contributed by atoms with van der Waals surface area (Å²) in [4.78, 5) is 31.6. The van der Waals surface area contributed by atoms with Gasteiger partial charge in [-0.1, -0.05) is 47.5 Å². The summed E-state index contributed by atoms with van der Waals surface area (Å²) in [5, 5.41) is 1.80. The summed E-state index contributed by atoms with van der Waals surface area (Å²) in [5.74, 6) is -0.970. The smallest absolute Gasteiger partial charge is 0.343 e. The lowest BCUT2D eigenvalue weighted by atomic mass is 9.99. The van der Waals surface area contributed by atoms with Gasteiger partial charge in [-0.3, -0.25) is 4.79 Å². The van der Waals surface area contributed by atoms with Crippen molar-refractivity contribution in [2.75, 3.05) is 13.4 Å². The first kappa shape index (κ1) is 22.3. The Morgan fingerprint density at radius 3 is 2.43 bits per heavy atom. The van der Waals surface area contributed by atoms with Gasteiger partial charge in [0.15, 0.2) is 6.79 Å². The normalized spacial score (nSPS) is 15.6. The summed E-state index contributed by atoms with van der Waals surface area (Å²) in [5.41, 5.74) is -0.236. The van der Waals surface area contributed by atoms with Crippen molar-refractivity contribution in [2.45, 2.75) is 26.3 Å². The van der Waals surface area contributed by atoms with Gasteiger partial charge in [-0.2, -0.15) is 0 Å². The molecule has 0 aliphatic carbocycles. The lowest BCUT2D eigenvalue weighted by Crippen LogP contribution is -2.44. The summed E-state index contributed by atoms with van der Waals surface area (Å²) < 4.78 is 11.0. The molecule has 30 heavy (non-hydrogen) atoms. The summed E-state index contributed by atoms with van der Waals surface area (Å²) in [7, 11) is 0. The van der Waals surface area contributed by atoms with Crippen molar-refractivity contribution in [1.82, 2.24) is 5.06 Å². The Morgan fingerprint density at radius 2 is 1.80 bits per heavy atom. The first-order chi connectivity index (χ1) is 14.3. The lowest BCUT2D eigenvalue weighted by molar-refractivity contribution is -0.242. The van der Waals surface area contributed by atoms with Crippen LogP contribution < -0.4 is 0 Å². The van der Waals surface area contributed by atoms with Crippen molar-refractivity contribution < 1.29 is 23.9 Å². The highest BCUT2D eigenvalue weighted by atomic mass is 35.5. The van der Waals surface area contributed by atoms with E-state index in [1.54, 1.807) is 56.3 Å². The first-order valence-corrected chi connectivity index (χ1v) is 10.1. The Hall–Kier alpha value is -2.38. The fourth-order valence-corrected chi connectivity index (χ4v) is 3.58. The number of nitrogens with zero attached hydrogens (tertiary/aromatic N) is 1. The Labute approximate surface area is 184 Å². The number of hydroxylamine groups is 2. The van der Waals surface area contributed by atoms with Crippen LogP contribution in [0.4, 0.5) is 0 Å². The molecule has 1 aliphatic heterocycles. The van der Waals surface area contributed by atoms with Crippen molar-refractivity contribution in [3.05, 3.63) is 75.5 Å². The molecule has 3 rings (SSSR count). The van der Waals surface area contributed by atoms with Crippen LogP contribution in [0.25, 0.3) is 5.57 Å². The number of benzene rings is 2. The molecule has 1 aliphatic rings. The van der Waals surface area contributed by atoms with E-state index in [9.17, 15) is 9.59 Å². The van der Waals surface area contributed by atoms with Gasteiger partial charge in [0.2, 0.25) is 0 Å². The standard InChI is InChI=1S/C22H21Cl2NO5/c1-4-28-13-29-25-20(26)18(16-11-10-15(23)12-17(16)24)19(22(25,2)3)30-21(27)14-8-6-5-7-9-14/h5-12H,4,13H2,1-3H3. The number of esters is 1. The average molecular weight is 450 g/mol. The number of hydrogen-bond acceptors (Lipinski definition) is 5. The molecule has 1 amide bonds. The molecule has 0 spiro atoms. The number of amides is 1. The topological polar surface area (TPSA) is 65.1 Å². The number of ether oxygens (including phenoxy) is 2. The monoisotopic (exact) mass is 449 g/mol. The van der Waals surface area contributed by atoms with Crippen LogP contribution in [-0.4, -0.2) is 35.9 Å². The number of halogens is 2. The molecule has 0 aromatic heterocycles. The molecule has 8 heteroatoms. The van der Waals surface area contributed by atoms with Gasteiger partial charge in [-0.05, 0) is 45.0 Å². The van der Waals surface area contributed by atoms with Crippen LogP contribution in [0.15, 0.2) is 54.3 Å². The molecule has 2 aromatic rings. The minimum absolute atomic E-state index is 0.127. The molecule has 6 nitrogen and oxygen atoms in total. The largest absolute Gasteiger partial charge is 0.424 e. The molecule has 0 atom stereocenters. The molecule has 0 saturated heterocycles. The Morgan fingerprint density at radius 1 is 1.10 bits per heavy atom. The molecular weight excluding hydrogens is 429 g/mol. The van der Waals surface area contributed by atoms with Crippen LogP contribution in [0.3, 0.4) is 0 Å². The van der Waals surface area contributed by atoms with E-state index in [1.807, 2.05) is 6.92 Å². The molecule has 0 N–H and O–H groups in total. The minimum Gasteiger partial charge on any atom is -0.424 e. The van der Waals surface area contributed by atoms with E-state index in [0.29, 0.717) is 22.8 Å². The van der Waals surface area contributed by atoms with Crippen molar-refractivity contribution in [3.8, 4) is 0 Å². The minimum atomic E-state index is -1.10. The van der Waals surface area contributed by atoms with Gasteiger partial charge in [0, 0.05) is 17.2 Å². The van der Waals surface area contributed by atoms with Crippen molar-refractivity contribution in [3.63, 3.8) is 0 Å². The number of carbonyl (C=O) groups is 2. The third-order valence-electron chi connectivity index (χ3n) is 4.56. The summed E-state index contributed by atoms with van der Waals surface area (Å²) in [6, 6.07) is 13.2. The fourth-order valence-electron chi connectivity index (χ4n) is 3.08. The molecule has 2 aromatic carbocycles. The highest BCUT2D eigenvalue weighted by Gasteiger charge is 2.50. The van der Waals surface area contributed by atoms with Gasteiger partial charge in [0.05, 0.1) is 16.2 Å². The van der Waals surface area contributed by atoms with Crippen molar-refractivity contribution in [1.29, 1.82) is 0 Å². The zero-order valence-corrected chi connectivity index (χ0v) is 18.3. The molecule has 0 bridgehead atoms. The van der Waals surface area contributed by atoms with Crippen LogP contribution >= 0.6 is 23.2 Å². The van der Waals surface area contributed by atoms with E-state index in [1.165, 1.54) is 6.07 Å². The van der Waals surface area contributed by atoms with Crippen LogP contribution in [0.1, 0.15) is 36.7 Å². The second kappa shape index (κ2) is 9.18. The maximum absolute atomic E-state index is 13.3. The number of hydrogen-bond donors (Lipinski definition) is 0. The van der Waals surface area contributed by atoms with Gasteiger partial charge in [-0.15, -0.1) is 0 Å². The molecule has 1 heterocycles. The third kappa shape index (κ3) is 4.37. The molecule has 158 valence electrons. The maximum atomic E-state index is 13.3. The number of carbonyl (C=O) groups excluding carboxylic acids is 2. The van der Waals surface area contributed by atoms with E-state index in [2.05, 4.69) is 0 Å². The lowest BCUT2D eigenvalue weighted by Gasteiger charge is -2.31. The predicted molar refractivity (Wildman–Crippen MR) is 114 cm³/mol. The third-order valence-corrected chi connectivity index (χ3v) is 5.11. The van der Waals surface area contributed by atoms with Crippen molar-refractivity contribution in [2.24, 2.45) is 0 Å². The van der Waals surface area contributed by atoms with Gasteiger partial charge in [0.1, 0.15) is 11.3 Å². The Balaban J connectivity index is 2.07. The van der Waals surface area contributed by atoms with E-state index in [0.717, 1.165) is 5.06 Å². The van der Waals surface area contributed by atoms with Gasteiger partial charge in [0.25, 0.3) is 5.91 Å². The summed E-state index contributed by atoms with van der Waals surface area (Å²) in [6.07, 6.45) is 0. The van der Waals surface area contributed by atoms with Gasteiger partial charge < -0.3 is 9.47 Å². The van der Waals surface area contributed by atoms with Crippen LogP contribution in [0.5, 0.6) is 0 Å². The number of rotatable bonds is 7. The van der Waals surface area contributed by atoms with Crippen LogP contribution in [0, 0.1) is 0 Å². The second-order valence-corrected chi connectivity index (χ2v) is 7.83. The zero-order chi connectivity index (χ0) is 21.9. The zero-order valence-electron chi connectivity index (χ0n) is 16.8. The SMILES string of the molecule is CCOCON1C(=O)C(c2ccc(Cl)cc2Cl)=C(OC(=O)c2ccccc2)C1(C)C. The predicted octanol–water partition coefficient (Wildman–Crippen LogP) is 5.11. The quantitative estimate of drug-likeness (QED) is 0.333. The average Bonchev–Trinajstić information content (AvgIpc) is 2.89. The Bertz CT molecular complexity index is 988.